The van der Waals surface area contributed by atoms with Gasteiger partial charge in [0.25, 0.3) is 5.95 Å². The molecular weight excluding hydrogens is 344 g/mol. The quantitative estimate of drug-likeness (QED) is 0.256. The summed E-state index contributed by atoms with van der Waals surface area (Å²) in [7, 11) is 1.51. The molecule has 12 nitrogen and oxygen atoms in total. The lowest BCUT2D eigenvalue weighted by Gasteiger charge is -2.10. The highest BCUT2D eigenvalue weighted by Crippen LogP contribution is 2.28. The van der Waals surface area contributed by atoms with Crippen LogP contribution in [0.25, 0.3) is 0 Å². The lowest BCUT2D eigenvalue weighted by Crippen LogP contribution is -2.29. The van der Waals surface area contributed by atoms with Crippen molar-refractivity contribution in [2.24, 2.45) is 5.10 Å². The van der Waals surface area contributed by atoms with Crippen LogP contribution in [0.15, 0.2) is 34.3 Å². The van der Waals surface area contributed by atoms with Crippen molar-refractivity contribution in [2.75, 3.05) is 18.4 Å². The third-order valence-electron chi connectivity index (χ3n) is 3.39. The molecule has 0 radical (unpaired) electrons. The molecule has 26 heavy (non-hydrogen) atoms. The van der Waals surface area contributed by atoms with Gasteiger partial charge in [0, 0.05) is 12.1 Å². The average molecular weight is 360 g/mol. The molecule has 0 unspecified atom stereocenters. The van der Waals surface area contributed by atoms with Crippen molar-refractivity contribution in [3.05, 3.63) is 46.7 Å². The van der Waals surface area contributed by atoms with E-state index in [1.54, 1.807) is 31.3 Å². The number of nitrogens with zero attached hydrogens (tertiary/aromatic N) is 6. The van der Waals surface area contributed by atoms with E-state index in [1.165, 1.54) is 18.1 Å². The normalized spacial score (nSPS) is 11.0. The molecule has 0 fully saturated rings. The van der Waals surface area contributed by atoms with Gasteiger partial charge in [0.2, 0.25) is 11.4 Å². The number of ether oxygens (including phenoxy) is 2. The van der Waals surface area contributed by atoms with Crippen LogP contribution >= 0.6 is 0 Å². The zero-order valence-electron chi connectivity index (χ0n) is 14.0. The highest BCUT2D eigenvalue weighted by molar-refractivity contribution is 5.81. The summed E-state index contributed by atoms with van der Waals surface area (Å²) in [5.74, 6) is 6.79. The molecule has 3 rings (SSSR count). The maximum Gasteiger partial charge on any atom is 0.263 e. The average Bonchev–Trinajstić information content (AvgIpc) is 3.19. The van der Waals surface area contributed by atoms with Crippen LogP contribution in [0.3, 0.4) is 0 Å². The summed E-state index contributed by atoms with van der Waals surface area (Å²) in [6.45, 7) is 1.65. The van der Waals surface area contributed by atoms with Crippen molar-refractivity contribution >= 4 is 12.2 Å². The first-order valence-corrected chi connectivity index (χ1v) is 7.38. The fourth-order valence-electron chi connectivity index (χ4n) is 2.01. The first-order valence-electron chi connectivity index (χ1n) is 7.38. The van der Waals surface area contributed by atoms with Crippen LogP contribution in [0, 0.1) is 12.1 Å². The monoisotopic (exact) mass is 360 g/mol. The number of anilines is 1. The lowest BCUT2D eigenvalue weighted by atomic mass is 10.2. The summed E-state index contributed by atoms with van der Waals surface area (Å²) in [4.78, 5) is 0.310. The number of hydrogen-bond acceptors (Lipinski definition) is 10. The van der Waals surface area contributed by atoms with E-state index in [4.69, 9.17) is 15.3 Å². The summed E-state index contributed by atoms with van der Waals surface area (Å²) in [5, 5.41) is 26.4. The van der Waals surface area contributed by atoms with E-state index < -0.39 is 0 Å². The molecule has 1 aromatic carbocycles. The number of rotatable bonds is 7. The Labute approximate surface area is 147 Å². The molecular formula is C14H16N8O4. The van der Waals surface area contributed by atoms with Gasteiger partial charge in [-0.05, 0) is 28.7 Å². The predicted molar refractivity (Wildman–Crippen MR) is 88.9 cm³/mol. The van der Waals surface area contributed by atoms with Gasteiger partial charge in [0.15, 0.2) is 18.1 Å². The van der Waals surface area contributed by atoms with E-state index in [0.29, 0.717) is 28.0 Å². The van der Waals surface area contributed by atoms with Crippen LogP contribution in [-0.2, 0) is 6.61 Å². The molecule has 0 bridgehead atoms. The van der Waals surface area contributed by atoms with Crippen LogP contribution in [0.5, 0.6) is 11.5 Å². The Morgan fingerprint density at radius 2 is 2.31 bits per heavy atom. The van der Waals surface area contributed by atoms with Gasteiger partial charge in [-0.15, -0.1) is 10.2 Å². The van der Waals surface area contributed by atoms with E-state index in [2.05, 4.69) is 30.5 Å². The van der Waals surface area contributed by atoms with E-state index in [0.717, 1.165) is 5.56 Å². The number of aryl methyl sites for hydroxylation is 1. The fraction of sp³-hybridized carbons (Fsp3) is 0.214. The smallest absolute Gasteiger partial charge is 0.263 e. The highest BCUT2D eigenvalue weighted by atomic mass is 16.8. The Morgan fingerprint density at radius 1 is 1.46 bits per heavy atom. The molecule has 0 saturated heterocycles. The van der Waals surface area contributed by atoms with Crippen LogP contribution < -0.4 is 25.6 Å². The standard InChI is InChI=1S/C14H16N8O4/c1-9-11(22(23)26-20-9)7-25-12-4-3-10(5-13(12)24-2)6-16-18-14-19-17-8-21(14)15/h3-6,8H,7,15H2,1-2H3,(H,18,19). The first-order chi connectivity index (χ1) is 12.6. The Bertz CT molecular complexity index is 900. The Kier molecular flexibility index (Phi) is 4.83. The van der Waals surface area contributed by atoms with E-state index in [9.17, 15) is 5.21 Å². The maximum atomic E-state index is 11.4. The van der Waals surface area contributed by atoms with E-state index in [1.807, 2.05) is 0 Å². The van der Waals surface area contributed by atoms with Gasteiger partial charge in [-0.2, -0.15) is 5.10 Å². The summed E-state index contributed by atoms with van der Waals surface area (Å²) in [6.07, 6.45) is 2.90. The number of nitrogens with one attached hydrogen (secondary N) is 1. The van der Waals surface area contributed by atoms with Crippen LogP contribution in [-0.4, -0.2) is 33.4 Å². The largest absolute Gasteiger partial charge is 0.493 e. The van der Waals surface area contributed by atoms with Crippen molar-refractivity contribution in [1.82, 2.24) is 20.0 Å². The Hall–Kier alpha value is -3.83. The van der Waals surface area contributed by atoms with E-state index >= 15 is 0 Å². The highest BCUT2D eigenvalue weighted by Gasteiger charge is 2.16. The number of hydrazone groups is 1. The van der Waals surface area contributed by atoms with Crippen LogP contribution in [0.1, 0.15) is 17.0 Å². The molecule has 0 aliphatic heterocycles. The molecule has 0 aliphatic rings. The zero-order valence-corrected chi connectivity index (χ0v) is 14.0. The van der Waals surface area contributed by atoms with Crippen molar-refractivity contribution in [1.29, 1.82) is 0 Å². The van der Waals surface area contributed by atoms with Gasteiger partial charge in [-0.1, -0.05) is 0 Å². The minimum absolute atomic E-state index is 0.00363. The van der Waals surface area contributed by atoms with Gasteiger partial charge in [-0.25, -0.2) is 10.1 Å². The summed E-state index contributed by atoms with van der Waals surface area (Å²) >= 11 is 0. The van der Waals surface area contributed by atoms with Crippen molar-refractivity contribution in [3.63, 3.8) is 0 Å². The molecule has 3 aromatic rings. The molecule has 3 N–H and O–H groups in total. The van der Waals surface area contributed by atoms with Gasteiger partial charge >= 0.3 is 0 Å². The second kappa shape index (κ2) is 7.38. The number of methoxy groups -OCH3 is 1. The van der Waals surface area contributed by atoms with Crippen molar-refractivity contribution < 1.29 is 19.0 Å². The zero-order chi connectivity index (χ0) is 18.5. The van der Waals surface area contributed by atoms with Gasteiger partial charge in [-0.3, -0.25) is 4.63 Å². The third kappa shape index (κ3) is 3.63. The second-order valence-electron chi connectivity index (χ2n) is 5.09. The summed E-state index contributed by atoms with van der Waals surface area (Å²) in [6, 6.07) is 5.19. The van der Waals surface area contributed by atoms with Gasteiger partial charge in [0.05, 0.1) is 13.3 Å². The topological polar surface area (TPSA) is 153 Å². The number of nitrogen functional groups attached to an aromatic ring is 1. The first kappa shape index (κ1) is 17.0. The molecule has 0 amide bonds. The molecule has 2 aromatic heterocycles. The molecule has 0 atom stereocenters. The van der Waals surface area contributed by atoms with E-state index in [-0.39, 0.29) is 12.3 Å². The number of nitrogens with two attached hydrogens (primary N) is 1. The Balaban J connectivity index is 1.68. The summed E-state index contributed by atoms with van der Waals surface area (Å²) in [5.41, 5.74) is 4.14. The molecule has 0 aliphatic carbocycles. The summed E-state index contributed by atoms with van der Waals surface area (Å²) < 4.78 is 16.6. The van der Waals surface area contributed by atoms with Crippen molar-refractivity contribution in [2.45, 2.75) is 13.5 Å². The molecule has 2 heterocycles. The minimum Gasteiger partial charge on any atom is -0.493 e. The fourth-order valence-corrected chi connectivity index (χ4v) is 2.01. The number of hydrogen-bond donors (Lipinski definition) is 2. The number of aromatic nitrogens is 5. The lowest BCUT2D eigenvalue weighted by molar-refractivity contribution is -0.808. The predicted octanol–water partition coefficient (Wildman–Crippen LogP) is -0.0447. The van der Waals surface area contributed by atoms with Gasteiger partial charge in [0.1, 0.15) is 6.33 Å². The molecule has 0 spiro atoms. The van der Waals surface area contributed by atoms with Gasteiger partial charge < -0.3 is 20.5 Å². The SMILES string of the molecule is COc1cc(C=NNc2nncn2N)ccc1OCc1c(C)no[n+]1[O-]. The van der Waals surface area contributed by atoms with Crippen LogP contribution in [0.2, 0.25) is 0 Å². The second-order valence-corrected chi connectivity index (χ2v) is 5.09. The minimum atomic E-state index is -0.00363. The van der Waals surface area contributed by atoms with Crippen molar-refractivity contribution in [3.8, 4) is 11.5 Å². The molecule has 12 heteroatoms. The third-order valence-corrected chi connectivity index (χ3v) is 3.39. The Morgan fingerprint density at radius 3 is 2.96 bits per heavy atom. The number of benzene rings is 1. The molecule has 136 valence electrons. The van der Waals surface area contributed by atoms with Crippen LogP contribution in [0.4, 0.5) is 5.95 Å². The molecule has 0 saturated carbocycles. The maximum absolute atomic E-state index is 11.4.